The average Bonchev–Trinajstić information content (AvgIpc) is 2.50. The van der Waals surface area contributed by atoms with Crippen molar-refractivity contribution in [1.29, 1.82) is 0 Å². The molecule has 0 aliphatic carbocycles. The van der Waals surface area contributed by atoms with E-state index in [2.05, 4.69) is 10.2 Å². The van der Waals surface area contributed by atoms with Gasteiger partial charge in [-0.2, -0.15) is 0 Å². The first kappa shape index (κ1) is 15.9. The number of rotatable bonds is 7. The van der Waals surface area contributed by atoms with Crippen molar-refractivity contribution in [3.05, 3.63) is 35.6 Å². The maximum absolute atomic E-state index is 12.8. The van der Waals surface area contributed by atoms with Gasteiger partial charge in [-0.1, -0.05) is 12.1 Å². The van der Waals surface area contributed by atoms with Gasteiger partial charge in [0.2, 0.25) is 5.91 Å². The first-order valence-electron chi connectivity index (χ1n) is 7.55. The largest absolute Gasteiger partial charge is 0.379 e. The number of morpholine rings is 1. The first-order chi connectivity index (χ1) is 10.2. The topological polar surface area (TPSA) is 41.6 Å². The van der Waals surface area contributed by atoms with Crippen molar-refractivity contribution in [3.63, 3.8) is 0 Å². The van der Waals surface area contributed by atoms with Crippen molar-refractivity contribution in [2.75, 3.05) is 39.4 Å². The molecule has 0 bridgehead atoms. The van der Waals surface area contributed by atoms with E-state index < -0.39 is 0 Å². The monoisotopic (exact) mass is 294 g/mol. The Morgan fingerprint density at radius 3 is 2.62 bits per heavy atom. The summed E-state index contributed by atoms with van der Waals surface area (Å²) in [6, 6.07) is 6.05. The van der Waals surface area contributed by atoms with Gasteiger partial charge < -0.3 is 10.1 Å². The van der Waals surface area contributed by atoms with Gasteiger partial charge in [-0.25, -0.2) is 4.39 Å². The molecule has 1 amide bonds. The van der Waals surface area contributed by atoms with Gasteiger partial charge in [0.1, 0.15) is 5.82 Å². The van der Waals surface area contributed by atoms with Crippen molar-refractivity contribution in [2.45, 2.75) is 19.3 Å². The molecule has 4 nitrogen and oxygen atoms in total. The lowest BCUT2D eigenvalue weighted by molar-refractivity contribution is -0.120. The second-order valence-corrected chi connectivity index (χ2v) is 5.31. The zero-order valence-electron chi connectivity index (χ0n) is 12.3. The normalized spacial score (nSPS) is 15.9. The number of nitrogens with zero attached hydrogens (tertiary/aromatic N) is 1. The summed E-state index contributed by atoms with van der Waals surface area (Å²) in [5.41, 5.74) is 0.835. The summed E-state index contributed by atoms with van der Waals surface area (Å²) in [7, 11) is 0. The van der Waals surface area contributed by atoms with Crippen LogP contribution in [0.15, 0.2) is 24.3 Å². The molecule has 1 saturated heterocycles. The van der Waals surface area contributed by atoms with Crippen molar-refractivity contribution in [1.82, 2.24) is 10.2 Å². The highest BCUT2D eigenvalue weighted by Crippen LogP contribution is 2.03. The average molecular weight is 294 g/mol. The van der Waals surface area contributed by atoms with Gasteiger partial charge in [-0.3, -0.25) is 9.69 Å². The number of nitrogens with one attached hydrogen (secondary N) is 1. The SMILES string of the molecule is O=C(Cc1ccc(F)cc1)NCCCCN1CCOCC1. The number of unbranched alkanes of at least 4 members (excludes halogenated alkanes) is 1. The van der Waals surface area contributed by atoms with Gasteiger partial charge in [-0.05, 0) is 37.1 Å². The molecule has 1 N–H and O–H groups in total. The van der Waals surface area contributed by atoms with Gasteiger partial charge >= 0.3 is 0 Å². The van der Waals surface area contributed by atoms with E-state index in [0.717, 1.165) is 51.3 Å². The maximum atomic E-state index is 12.8. The molecule has 0 radical (unpaired) electrons. The molecule has 1 aromatic rings. The summed E-state index contributed by atoms with van der Waals surface area (Å²) in [4.78, 5) is 14.1. The molecular formula is C16H23FN2O2. The van der Waals surface area contributed by atoms with Crippen molar-refractivity contribution < 1.29 is 13.9 Å². The fraction of sp³-hybridized carbons (Fsp3) is 0.562. The Morgan fingerprint density at radius 2 is 1.90 bits per heavy atom. The zero-order valence-corrected chi connectivity index (χ0v) is 12.3. The van der Waals surface area contributed by atoms with Crippen LogP contribution in [0.2, 0.25) is 0 Å². The molecule has 1 heterocycles. The Labute approximate surface area is 125 Å². The number of amides is 1. The van der Waals surface area contributed by atoms with Crippen LogP contribution in [-0.2, 0) is 16.0 Å². The number of ether oxygens (including phenoxy) is 1. The van der Waals surface area contributed by atoms with Gasteiger partial charge in [-0.15, -0.1) is 0 Å². The summed E-state index contributed by atoms with van der Waals surface area (Å²) in [5.74, 6) is -0.282. The highest BCUT2D eigenvalue weighted by atomic mass is 19.1. The summed E-state index contributed by atoms with van der Waals surface area (Å²) in [5, 5.41) is 2.91. The van der Waals surface area contributed by atoms with Crippen LogP contribution in [-0.4, -0.2) is 50.2 Å². The third-order valence-corrected chi connectivity index (χ3v) is 3.60. The molecule has 1 fully saturated rings. The number of hydrogen-bond donors (Lipinski definition) is 1. The van der Waals surface area contributed by atoms with Crippen molar-refractivity contribution >= 4 is 5.91 Å². The number of carbonyl (C=O) groups is 1. The fourth-order valence-electron chi connectivity index (χ4n) is 2.36. The standard InChI is InChI=1S/C16H23FN2O2/c17-15-5-3-14(4-6-15)13-16(20)18-7-1-2-8-19-9-11-21-12-10-19/h3-6H,1-2,7-13H2,(H,18,20). The van der Waals surface area contributed by atoms with Crippen LogP contribution in [0.1, 0.15) is 18.4 Å². The molecule has 116 valence electrons. The summed E-state index contributed by atoms with van der Waals surface area (Å²) in [6.07, 6.45) is 2.37. The van der Waals surface area contributed by atoms with Crippen LogP contribution >= 0.6 is 0 Å². The van der Waals surface area contributed by atoms with Gasteiger partial charge in [0.15, 0.2) is 0 Å². The van der Waals surface area contributed by atoms with Crippen LogP contribution in [0.4, 0.5) is 4.39 Å². The number of benzene rings is 1. The molecule has 2 rings (SSSR count). The van der Waals surface area contributed by atoms with E-state index in [0.29, 0.717) is 13.0 Å². The smallest absolute Gasteiger partial charge is 0.224 e. The number of halogens is 1. The van der Waals surface area contributed by atoms with E-state index in [1.165, 1.54) is 12.1 Å². The molecule has 21 heavy (non-hydrogen) atoms. The first-order valence-corrected chi connectivity index (χ1v) is 7.55. The molecular weight excluding hydrogens is 271 g/mol. The van der Waals surface area contributed by atoms with Crippen LogP contribution in [0.3, 0.4) is 0 Å². The highest BCUT2D eigenvalue weighted by Gasteiger charge is 2.09. The summed E-state index contributed by atoms with van der Waals surface area (Å²) in [6.45, 7) is 5.44. The van der Waals surface area contributed by atoms with Gasteiger partial charge in [0.05, 0.1) is 19.6 Å². The maximum Gasteiger partial charge on any atom is 0.224 e. The van der Waals surface area contributed by atoms with Crippen molar-refractivity contribution in [3.8, 4) is 0 Å². The molecule has 0 spiro atoms. The van der Waals surface area contributed by atoms with E-state index in [9.17, 15) is 9.18 Å². The van der Waals surface area contributed by atoms with E-state index in [-0.39, 0.29) is 11.7 Å². The Balaban J connectivity index is 1.53. The van der Waals surface area contributed by atoms with E-state index in [1.54, 1.807) is 12.1 Å². The molecule has 1 aliphatic rings. The Hall–Kier alpha value is -1.46. The quantitative estimate of drug-likeness (QED) is 0.777. The summed E-state index contributed by atoms with van der Waals surface area (Å²) >= 11 is 0. The molecule has 5 heteroatoms. The van der Waals surface area contributed by atoms with Crippen LogP contribution in [0, 0.1) is 5.82 Å². The second-order valence-electron chi connectivity index (χ2n) is 5.31. The molecule has 0 aromatic heterocycles. The lowest BCUT2D eigenvalue weighted by Crippen LogP contribution is -2.37. The van der Waals surface area contributed by atoms with E-state index in [1.807, 2.05) is 0 Å². The Bertz CT molecular complexity index is 430. The third-order valence-electron chi connectivity index (χ3n) is 3.60. The third kappa shape index (κ3) is 6.23. The number of hydrogen-bond acceptors (Lipinski definition) is 3. The number of carbonyl (C=O) groups excluding carboxylic acids is 1. The van der Waals surface area contributed by atoms with Gasteiger partial charge in [0, 0.05) is 19.6 Å². The predicted octanol–water partition coefficient (Wildman–Crippen LogP) is 1.60. The Morgan fingerprint density at radius 1 is 1.19 bits per heavy atom. The minimum absolute atomic E-state index is 0.00650. The van der Waals surface area contributed by atoms with Crippen LogP contribution < -0.4 is 5.32 Å². The van der Waals surface area contributed by atoms with E-state index in [4.69, 9.17) is 4.74 Å². The summed E-state index contributed by atoms with van der Waals surface area (Å²) < 4.78 is 18.1. The van der Waals surface area contributed by atoms with E-state index >= 15 is 0 Å². The van der Waals surface area contributed by atoms with Crippen molar-refractivity contribution in [2.24, 2.45) is 0 Å². The molecule has 0 unspecified atom stereocenters. The predicted molar refractivity (Wildman–Crippen MR) is 79.6 cm³/mol. The Kier molecular flexibility index (Phi) is 6.63. The zero-order chi connectivity index (χ0) is 14.9. The molecule has 0 saturated carbocycles. The molecule has 1 aliphatic heterocycles. The molecule has 0 atom stereocenters. The highest BCUT2D eigenvalue weighted by molar-refractivity contribution is 5.78. The minimum Gasteiger partial charge on any atom is -0.379 e. The van der Waals surface area contributed by atoms with Gasteiger partial charge in [0.25, 0.3) is 0 Å². The molecule has 1 aromatic carbocycles. The minimum atomic E-state index is -0.276. The lowest BCUT2D eigenvalue weighted by Gasteiger charge is -2.26. The fourth-order valence-corrected chi connectivity index (χ4v) is 2.36. The second kappa shape index (κ2) is 8.74. The van der Waals surface area contributed by atoms with Crippen LogP contribution in [0.5, 0.6) is 0 Å². The van der Waals surface area contributed by atoms with Crippen LogP contribution in [0.25, 0.3) is 0 Å². The lowest BCUT2D eigenvalue weighted by atomic mass is 10.1.